The summed E-state index contributed by atoms with van der Waals surface area (Å²) in [4.78, 5) is 10.7. The molecule has 2 N–H and O–H groups in total. The second-order valence-electron chi connectivity index (χ2n) is 4.93. The topological polar surface area (TPSA) is 92.7 Å². The van der Waals surface area contributed by atoms with Crippen LogP contribution in [0.2, 0.25) is 0 Å². The highest BCUT2D eigenvalue weighted by Gasteiger charge is 2.14. The lowest BCUT2D eigenvalue weighted by molar-refractivity contribution is 0.0696. The van der Waals surface area contributed by atoms with E-state index in [2.05, 4.69) is 5.32 Å². The van der Waals surface area contributed by atoms with Crippen molar-refractivity contribution in [1.82, 2.24) is 5.32 Å². The molecular weight excluding hydrogens is 337 g/mol. The molecule has 0 aliphatic heterocycles. The maximum atomic E-state index is 12.8. The van der Waals surface area contributed by atoms with Gasteiger partial charge in [0.1, 0.15) is 12.5 Å². The minimum Gasteiger partial charge on any atom is -0.478 e. The van der Waals surface area contributed by atoms with Gasteiger partial charge in [0.15, 0.2) is 0 Å². The molecule has 0 aliphatic rings. The summed E-state index contributed by atoms with van der Waals surface area (Å²) < 4.78 is 41.3. The lowest BCUT2D eigenvalue weighted by Crippen LogP contribution is -2.23. The van der Waals surface area contributed by atoms with Crippen molar-refractivity contribution in [3.8, 4) is 0 Å². The molecule has 6 nitrogen and oxygen atoms in total. The fourth-order valence-corrected chi connectivity index (χ4v) is 2.80. The Kier molecular flexibility index (Phi) is 6.02. The second kappa shape index (κ2) is 8.00. The summed E-state index contributed by atoms with van der Waals surface area (Å²) in [5.74, 6) is -1.53. The van der Waals surface area contributed by atoms with Gasteiger partial charge in [-0.05, 0) is 48.4 Å². The zero-order valence-corrected chi connectivity index (χ0v) is 13.4. The van der Waals surface area contributed by atoms with Crippen LogP contribution in [0.4, 0.5) is 4.39 Å². The van der Waals surface area contributed by atoms with Crippen LogP contribution in [0.25, 0.3) is 0 Å². The Hall–Kier alpha value is -2.29. The Balaban J connectivity index is 1.79. The number of hydrogen-bond donors (Lipinski definition) is 2. The molecule has 2 aromatic carbocycles. The van der Waals surface area contributed by atoms with Crippen LogP contribution >= 0.6 is 0 Å². The van der Waals surface area contributed by atoms with E-state index in [1.165, 1.54) is 6.07 Å². The number of carboxylic acids is 1. The van der Waals surface area contributed by atoms with Crippen molar-refractivity contribution in [3.05, 3.63) is 65.5 Å². The molecule has 0 saturated carbocycles. The van der Waals surface area contributed by atoms with Crippen LogP contribution < -0.4 is 5.32 Å². The fraction of sp³-hybridized carbons (Fsp3) is 0.188. The maximum absolute atomic E-state index is 12.8. The summed E-state index contributed by atoms with van der Waals surface area (Å²) in [7, 11) is -3.95. The number of halogens is 1. The molecule has 24 heavy (non-hydrogen) atoms. The molecule has 0 fully saturated rings. The maximum Gasteiger partial charge on any atom is 0.335 e. The summed E-state index contributed by atoms with van der Waals surface area (Å²) in [6, 6.07) is 10.8. The highest BCUT2D eigenvalue weighted by atomic mass is 32.2. The van der Waals surface area contributed by atoms with Gasteiger partial charge in [-0.15, -0.1) is 0 Å². The third-order valence-electron chi connectivity index (χ3n) is 3.18. The summed E-state index contributed by atoms with van der Waals surface area (Å²) >= 11 is 0. The van der Waals surface area contributed by atoms with Crippen molar-refractivity contribution in [1.29, 1.82) is 0 Å². The molecular formula is C16H16FNO5S. The van der Waals surface area contributed by atoms with Crippen LogP contribution in [0.15, 0.2) is 53.4 Å². The van der Waals surface area contributed by atoms with Gasteiger partial charge in [0.25, 0.3) is 10.1 Å². The number of carbonyl (C=O) groups is 1. The van der Waals surface area contributed by atoms with E-state index in [4.69, 9.17) is 9.29 Å². The summed E-state index contributed by atoms with van der Waals surface area (Å²) in [6.45, 7) is 0.167. The van der Waals surface area contributed by atoms with Crippen LogP contribution in [0.3, 0.4) is 0 Å². The fourth-order valence-electron chi connectivity index (χ4n) is 1.95. The third-order valence-corrected chi connectivity index (χ3v) is 4.46. The number of aromatic carboxylic acids is 1. The van der Waals surface area contributed by atoms with Crippen LogP contribution in [-0.4, -0.2) is 32.8 Å². The van der Waals surface area contributed by atoms with E-state index < -0.39 is 21.9 Å². The first-order chi connectivity index (χ1) is 11.4. The Morgan fingerprint density at radius 1 is 1.17 bits per heavy atom. The summed E-state index contributed by atoms with van der Waals surface area (Å²) in [5, 5.41) is 11.7. The molecule has 0 spiro atoms. The Bertz CT molecular complexity index is 805. The van der Waals surface area contributed by atoms with E-state index in [0.717, 1.165) is 29.8 Å². The number of nitrogens with one attached hydrogen (secondary N) is 1. The first kappa shape index (κ1) is 18.1. The molecule has 0 aromatic heterocycles. The van der Waals surface area contributed by atoms with Gasteiger partial charge in [0, 0.05) is 6.54 Å². The number of hydrogen-bond acceptors (Lipinski definition) is 5. The molecule has 8 heteroatoms. The molecule has 0 saturated heterocycles. The van der Waals surface area contributed by atoms with Crippen molar-refractivity contribution < 1.29 is 26.9 Å². The molecule has 128 valence electrons. The Labute approximate surface area is 139 Å². The zero-order valence-electron chi connectivity index (χ0n) is 12.6. The molecule has 2 aromatic rings. The monoisotopic (exact) mass is 353 g/mol. The van der Waals surface area contributed by atoms with Crippen molar-refractivity contribution >= 4 is 16.1 Å². The van der Waals surface area contributed by atoms with Crippen LogP contribution in [0.1, 0.15) is 15.9 Å². The molecule has 2 rings (SSSR count). The highest BCUT2D eigenvalue weighted by molar-refractivity contribution is 7.86. The van der Waals surface area contributed by atoms with Crippen molar-refractivity contribution in [2.24, 2.45) is 0 Å². The minimum absolute atomic E-state index is 0.125. The quantitative estimate of drug-likeness (QED) is 0.428. The Morgan fingerprint density at radius 3 is 2.54 bits per heavy atom. The van der Waals surface area contributed by atoms with E-state index in [0.29, 0.717) is 13.0 Å². The average Bonchev–Trinajstić information content (AvgIpc) is 2.55. The third kappa shape index (κ3) is 5.12. The van der Waals surface area contributed by atoms with Crippen LogP contribution in [0, 0.1) is 5.82 Å². The standard InChI is InChI=1S/C16H16FNO5S/c17-14-4-6-15(7-5-14)24(21,22)23-11-18-9-8-12-2-1-3-13(10-12)16(19)20/h1-7,10,18H,8-9,11H2,(H,19,20). The number of benzene rings is 2. The Morgan fingerprint density at radius 2 is 1.88 bits per heavy atom. The number of rotatable bonds is 8. The minimum atomic E-state index is -3.95. The predicted octanol–water partition coefficient (Wildman–Crippen LogP) is 2.02. The van der Waals surface area contributed by atoms with Gasteiger partial charge in [-0.25, -0.2) is 9.18 Å². The van der Waals surface area contributed by atoms with Crippen LogP contribution in [-0.2, 0) is 20.7 Å². The first-order valence-corrected chi connectivity index (χ1v) is 8.47. The average molecular weight is 353 g/mol. The van der Waals surface area contributed by atoms with Gasteiger partial charge < -0.3 is 5.11 Å². The molecule has 0 radical (unpaired) electrons. The van der Waals surface area contributed by atoms with Gasteiger partial charge in [0.05, 0.1) is 10.5 Å². The zero-order chi connectivity index (χ0) is 17.6. The predicted molar refractivity (Wildman–Crippen MR) is 84.6 cm³/mol. The molecule has 0 bridgehead atoms. The van der Waals surface area contributed by atoms with E-state index in [9.17, 15) is 17.6 Å². The largest absolute Gasteiger partial charge is 0.478 e. The lowest BCUT2D eigenvalue weighted by Gasteiger charge is -2.07. The first-order valence-electron chi connectivity index (χ1n) is 7.06. The van der Waals surface area contributed by atoms with Gasteiger partial charge in [0.2, 0.25) is 0 Å². The second-order valence-corrected chi connectivity index (χ2v) is 6.54. The molecule has 0 amide bonds. The van der Waals surface area contributed by atoms with E-state index in [-0.39, 0.29) is 17.2 Å². The van der Waals surface area contributed by atoms with E-state index >= 15 is 0 Å². The van der Waals surface area contributed by atoms with Crippen molar-refractivity contribution in [2.45, 2.75) is 11.3 Å². The SMILES string of the molecule is O=C(O)c1cccc(CCNCOS(=O)(=O)c2ccc(F)cc2)c1. The van der Waals surface area contributed by atoms with Gasteiger partial charge in [-0.2, -0.15) is 8.42 Å². The normalized spacial score (nSPS) is 11.4. The van der Waals surface area contributed by atoms with E-state index in [1.807, 2.05) is 0 Å². The van der Waals surface area contributed by atoms with E-state index in [1.54, 1.807) is 18.2 Å². The van der Waals surface area contributed by atoms with Gasteiger partial charge >= 0.3 is 5.97 Å². The highest BCUT2D eigenvalue weighted by Crippen LogP contribution is 2.12. The number of carboxylic acid groups (broad SMARTS) is 1. The molecule has 0 aliphatic carbocycles. The van der Waals surface area contributed by atoms with Crippen molar-refractivity contribution in [2.75, 3.05) is 13.3 Å². The smallest absolute Gasteiger partial charge is 0.335 e. The van der Waals surface area contributed by atoms with Crippen molar-refractivity contribution in [3.63, 3.8) is 0 Å². The van der Waals surface area contributed by atoms with Crippen LogP contribution in [0.5, 0.6) is 0 Å². The summed E-state index contributed by atoms with van der Waals surface area (Å²) in [6.07, 6.45) is 0.515. The molecule has 0 unspecified atom stereocenters. The van der Waals surface area contributed by atoms with Gasteiger partial charge in [-0.1, -0.05) is 12.1 Å². The summed E-state index contributed by atoms with van der Waals surface area (Å²) in [5.41, 5.74) is 1.01. The lowest BCUT2D eigenvalue weighted by atomic mass is 10.1. The molecule has 0 heterocycles. The molecule has 0 atom stereocenters. The van der Waals surface area contributed by atoms with Gasteiger partial charge in [-0.3, -0.25) is 9.50 Å².